The van der Waals surface area contributed by atoms with Gasteiger partial charge in [-0.2, -0.15) is 11.8 Å². The molecule has 15 heavy (non-hydrogen) atoms. The van der Waals surface area contributed by atoms with Crippen molar-refractivity contribution in [3.63, 3.8) is 0 Å². The van der Waals surface area contributed by atoms with Crippen molar-refractivity contribution < 1.29 is 8.42 Å². The molecule has 0 atom stereocenters. The zero-order valence-electron chi connectivity index (χ0n) is 8.03. The normalized spacial score (nSPS) is 17.3. The van der Waals surface area contributed by atoms with Gasteiger partial charge in [-0.15, -0.1) is 0 Å². The summed E-state index contributed by atoms with van der Waals surface area (Å²) in [4.78, 5) is 0.332. The van der Waals surface area contributed by atoms with Gasteiger partial charge in [0.1, 0.15) is 0 Å². The lowest BCUT2D eigenvalue weighted by Gasteiger charge is -2.02. The van der Waals surface area contributed by atoms with Crippen molar-refractivity contribution in [3.8, 4) is 0 Å². The van der Waals surface area contributed by atoms with Crippen LogP contribution >= 0.6 is 23.4 Å². The van der Waals surface area contributed by atoms with Gasteiger partial charge in [0.2, 0.25) is 9.84 Å². The Morgan fingerprint density at radius 2 is 2.13 bits per heavy atom. The Kier molecular flexibility index (Phi) is 2.83. The highest BCUT2D eigenvalue weighted by Crippen LogP contribution is 2.36. The summed E-state index contributed by atoms with van der Waals surface area (Å²) in [6.07, 6.45) is 1.95. The number of rotatable bonds is 2. The second-order valence-electron chi connectivity index (χ2n) is 3.26. The van der Waals surface area contributed by atoms with Crippen LogP contribution in [0.1, 0.15) is 5.56 Å². The maximum absolute atomic E-state index is 11.7. The van der Waals surface area contributed by atoms with Crippen molar-refractivity contribution in [1.29, 1.82) is 0 Å². The van der Waals surface area contributed by atoms with Crippen LogP contribution in [-0.2, 0) is 9.84 Å². The number of fused-ring (bicyclic) bond motifs is 1. The molecule has 0 aliphatic carbocycles. The topological polar surface area (TPSA) is 34.1 Å². The van der Waals surface area contributed by atoms with E-state index in [2.05, 4.69) is 0 Å². The minimum absolute atomic E-state index is 0.332. The maximum atomic E-state index is 11.7. The third kappa shape index (κ3) is 1.94. The largest absolute Gasteiger partial charge is 0.219 e. The van der Waals surface area contributed by atoms with Crippen LogP contribution in [0.2, 0.25) is 5.02 Å². The van der Waals surface area contributed by atoms with Crippen LogP contribution in [0.5, 0.6) is 0 Å². The Morgan fingerprint density at radius 1 is 1.40 bits per heavy atom. The summed E-state index contributed by atoms with van der Waals surface area (Å²) in [5.41, 5.74) is 1.64. The molecule has 0 saturated heterocycles. The first kappa shape index (κ1) is 11.0. The molecule has 1 aliphatic rings. The second-order valence-corrected chi connectivity index (χ2v) is 6.33. The van der Waals surface area contributed by atoms with Gasteiger partial charge in [0.15, 0.2) is 0 Å². The van der Waals surface area contributed by atoms with Crippen molar-refractivity contribution in [3.05, 3.63) is 34.2 Å². The predicted molar refractivity (Wildman–Crippen MR) is 65.0 cm³/mol. The zero-order chi connectivity index (χ0) is 11.1. The van der Waals surface area contributed by atoms with Crippen LogP contribution in [0.15, 0.2) is 28.5 Å². The number of sulfone groups is 1. The highest BCUT2D eigenvalue weighted by atomic mass is 35.5. The maximum Gasteiger partial charge on any atom is 0.200 e. The Hall–Kier alpha value is -0.450. The molecule has 1 heterocycles. The molecule has 0 aromatic heterocycles. The predicted octanol–water partition coefficient (Wildman–Crippen LogP) is 2.83. The van der Waals surface area contributed by atoms with Gasteiger partial charge in [0, 0.05) is 16.2 Å². The van der Waals surface area contributed by atoms with Crippen LogP contribution in [0.4, 0.5) is 0 Å². The van der Waals surface area contributed by atoms with Gasteiger partial charge in [-0.3, -0.25) is 0 Å². The van der Waals surface area contributed by atoms with E-state index in [1.807, 2.05) is 6.26 Å². The number of hydrogen-bond acceptors (Lipinski definition) is 3. The number of thioether (sulfide) groups is 1. The molecule has 1 aromatic rings. The molecule has 0 unspecified atom stereocenters. The molecule has 0 saturated carbocycles. The van der Waals surface area contributed by atoms with Crippen LogP contribution in [-0.4, -0.2) is 20.4 Å². The minimum atomic E-state index is -3.26. The third-order valence-corrected chi connectivity index (χ3v) is 4.57. The number of hydrogen-bond donors (Lipinski definition) is 0. The van der Waals surface area contributed by atoms with Crippen LogP contribution in [0, 0.1) is 0 Å². The van der Waals surface area contributed by atoms with Crippen molar-refractivity contribution in [2.24, 2.45) is 0 Å². The fourth-order valence-corrected chi connectivity index (χ4v) is 3.98. The van der Waals surface area contributed by atoms with E-state index in [1.54, 1.807) is 23.9 Å². The lowest BCUT2D eigenvalue weighted by Crippen LogP contribution is -1.92. The minimum Gasteiger partial charge on any atom is -0.219 e. The highest BCUT2D eigenvalue weighted by Gasteiger charge is 2.26. The Balaban J connectivity index is 2.62. The van der Waals surface area contributed by atoms with Gasteiger partial charge in [0.05, 0.1) is 4.90 Å². The summed E-state index contributed by atoms with van der Waals surface area (Å²) in [5, 5.41) is 1.79. The molecule has 2 rings (SSSR count). The highest BCUT2D eigenvalue weighted by molar-refractivity contribution is 7.99. The Morgan fingerprint density at radius 3 is 2.80 bits per heavy atom. The zero-order valence-corrected chi connectivity index (χ0v) is 10.4. The van der Waals surface area contributed by atoms with E-state index in [0.29, 0.717) is 15.7 Å². The lowest BCUT2D eigenvalue weighted by atomic mass is 10.1. The first-order valence-electron chi connectivity index (χ1n) is 4.29. The van der Waals surface area contributed by atoms with Gasteiger partial charge in [0.25, 0.3) is 0 Å². The van der Waals surface area contributed by atoms with E-state index in [1.165, 1.54) is 11.5 Å². The molecule has 1 aromatic carbocycles. The third-order valence-electron chi connectivity index (χ3n) is 2.19. The van der Waals surface area contributed by atoms with Gasteiger partial charge >= 0.3 is 0 Å². The van der Waals surface area contributed by atoms with Gasteiger partial charge in [-0.1, -0.05) is 17.7 Å². The quantitative estimate of drug-likeness (QED) is 0.820. The molecule has 0 N–H and O–H groups in total. The molecule has 0 spiro atoms. The van der Waals surface area contributed by atoms with Crippen LogP contribution in [0.25, 0.3) is 5.57 Å². The Bertz CT molecular complexity index is 532. The summed E-state index contributed by atoms with van der Waals surface area (Å²) in [7, 11) is -3.26. The molecule has 0 fully saturated rings. The monoisotopic (exact) mass is 260 g/mol. The number of benzene rings is 1. The lowest BCUT2D eigenvalue weighted by molar-refractivity contribution is 0.605. The van der Waals surface area contributed by atoms with Crippen molar-refractivity contribution >= 4 is 38.8 Å². The smallest absolute Gasteiger partial charge is 0.200 e. The van der Waals surface area contributed by atoms with Crippen LogP contribution < -0.4 is 0 Å². The SMILES string of the molecule is CSCC1=CS(=O)(=O)c2cc(Cl)ccc21. The van der Waals surface area contributed by atoms with E-state index >= 15 is 0 Å². The molecular weight excluding hydrogens is 252 g/mol. The van der Waals surface area contributed by atoms with Gasteiger partial charge < -0.3 is 0 Å². The summed E-state index contributed by atoms with van der Waals surface area (Å²) >= 11 is 7.38. The van der Waals surface area contributed by atoms with E-state index in [4.69, 9.17) is 11.6 Å². The molecule has 0 radical (unpaired) electrons. The first-order chi connectivity index (χ1) is 7.04. The molecule has 0 bridgehead atoms. The van der Waals surface area contributed by atoms with E-state index in [-0.39, 0.29) is 0 Å². The van der Waals surface area contributed by atoms with Crippen molar-refractivity contribution in [1.82, 2.24) is 0 Å². The molecule has 0 amide bonds. The Labute approximate surface area is 98.2 Å². The summed E-state index contributed by atoms with van der Waals surface area (Å²) < 4.78 is 23.5. The van der Waals surface area contributed by atoms with Crippen molar-refractivity contribution in [2.75, 3.05) is 12.0 Å². The molecule has 2 nitrogen and oxygen atoms in total. The standard InChI is InChI=1S/C10H9ClO2S2/c1-14-5-7-6-15(12,13)10-4-8(11)2-3-9(7)10/h2-4,6H,5H2,1H3. The molecular formula is C10H9ClO2S2. The summed E-state index contributed by atoms with van der Waals surface area (Å²) in [6.45, 7) is 0. The second kappa shape index (κ2) is 3.85. The molecule has 5 heteroatoms. The van der Waals surface area contributed by atoms with Crippen LogP contribution in [0.3, 0.4) is 0 Å². The van der Waals surface area contributed by atoms with E-state index in [0.717, 1.165) is 11.1 Å². The van der Waals surface area contributed by atoms with E-state index in [9.17, 15) is 8.42 Å². The molecule has 80 valence electrons. The average Bonchev–Trinajstić information content (AvgIpc) is 2.39. The van der Waals surface area contributed by atoms with E-state index < -0.39 is 9.84 Å². The summed E-state index contributed by atoms with van der Waals surface area (Å²) in [5.74, 6) is 0.702. The number of halogens is 1. The fourth-order valence-electron chi connectivity index (χ4n) is 1.58. The first-order valence-corrected chi connectivity index (χ1v) is 7.61. The van der Waals surface area contributed by atoms with Crippen molar-refractivity contribution in [2.45, 2.75) is 4.90 Å². The molecule has 1 aliphatic heterocycles. The van der Waals surface area contributed by atoms with Gasteiger partial charge in [-0.05, 0) is 29.5 Å². The fraction of sp³-hybridized carbons (Fsp3) is 0.200. The summed E-state index contributed by atoms with van der Waals surface area (Å²) in [6, 6.07) is 5.00. The van der Waals surface area contributed by atoms with Gasteiger partial charge in [-0.25, -0.2) is 8.42 Å². The average molecular weight is 261 g/mol.